The van der Waals surface area contributed by atoms with Gasteiger partial charge in [-0.15, -0.1) is 5.10 Å². The Kier molecular flexibility index (Phi) is 4.64. The molecule has 27 heavy (non-hydrogen) atoms. The number of anilines is 2. The van der Waals surface area contributed by atoms with E-state index in [1.54, 1.807) is 41.3 Å². The zero-order chi connectivity index (χ0) is 18.8. The number of fused-ring (bicyclic) bond motifs is 1. The van der Waals surface area contributed by atoms with E-state index in [1.807, 2.05) is 6.07 Å². The monoisotopic (exact) mass is 385 g/mol. The van der Waals surface area contributed by atoms with Crippen molar-refractivity contribution < 1.29 is 14.4 Å². The molecule has 8 nitrogen and oxygen atoms in total. The lowest BCUT2D eigenvalue weighted by molar-refractivity contribution is -0.121. The average molecular weight is 386 g/mol. The average Bonchev–Trinajstić information content (AvgIpc) is 3.26. The molecule has 1 fully saturated rings. The summed E-state index contributed by atoms with van der Waals surface area (Å²) < 4.78 is 0. The van der Waals surface area contributed by atoms with E-state index in [2.05, 4.69) is 15.6 Å². The third-order valence-electron chi connectivity index (χ3n) is 4.21. The molecule has 4 rings (SSSR count). The van der Waals surface area contributed by atoms with Crippen LogP contribution in [0.3, 0.4) is 0 Å². The van der Waals surface area contributed by atoms with E-state index in [0.29, 0.717) is 34.7 Å². The van der Waals surface area contributed by atoms with Crippen LogP contribution < -0.4 is 15.1 Å². The Morgan fingerprint density at radius 2 is 2.15 bits per heavy atom. The van der Waals surface area contributed by atoms with Gasteiger partial charge < -0.3 is 15.1 Å². The molecule has 0 atom stereocenters. The number of amides is 2. The molecule has 0 aliphatic carbocycles. The first kappa shape index (κ1) is 17.3. The van der Waals surface area contributed by atoms with E-state index in [9.17, 15) is 9.59 Å². The van der Waals surface area contributed by atoms with Crippen LogP contribution in [-0.2, 0) is 9.59 Å². The van der Waals surface area contributed by atoms with E-state index in [0.717, 1.165) is 12.1 Å². The van der Waals surface area contributed by atoms with Gasteiger partial charge in [-0.2, -0.15) is 0 Å². The highest BCUT2D eigenvalue weighted by atomic mass is 35.5. The zero-order valence-electron chi connectivity index (χ0n) is 14.3. The maximum Gasteiger partial charge on any atom is 0.265 e. The molecule has 1 aromatic heterocycles. The van der Waals surface area contributed by atoms with Gasteiger partial charge in [-0.3, -0.25) is 9.59 Å². The second-order valence-electron chi connectivity index (χ2n) is 6.12. The van der Waals surface area contributed by atoms with Crippen LogP contribution in [0.5, 0.6) is 0 Å². The third kappa shape index (κ3) is 3.70. The van der Waals surface area contributed by atoms with Crippen LogP contribution in [0.15, 0.2) is 42.5 Å². The number of hydrogen-bond acceptors (Lipinski definition) is 5. The molecule has 9 heteroatoms. The minimum absolute atomic E-state index is 0.0959. The van der Waals surface area contributed by atoms with Crippen LogP contribution in [-0.4, -0.2) is 40.1 Å². The molecule has 138 valence electrons. The van der Waals surface area contributed by atoms with Gasteiger partial charge in [0, 0.05) is 29.4 Å². The van der Waals surface area contributed by atoms with Gasteiger partial charge in [0.15, 0.2) is 6.61 Å². The van der Waals surface area contributed by atoms with Crippen molar-refractivity contribution in [1.29, 1.82) is 0 Å². The van der Waals surface area contributed by atoms with Crippen molar-refractivity contribution in [2.45, 2.75) is 12.8 Å². The molecule has 2 heterocycles. The molecule has 0 spiro atoms. The van der Waals surface area contributed by atoms with E-state index in [1.165, 1.54) is 4.85 Å². The fraction of sp³-hybridized carbons (Fsp3) is 0.222. The summed E-state index contributed by atoms with van der Waals surface area (Å²) in [5.74, 6) is -0.260. The molecular weight excluding hydrogens is 370 g/mol. The molecule has 1 saturated heterocycles. The number of carbonyl (C=O) groups excluding carboxylic acids is 2. The summed E-state index contributed by atoms with van der Waals surface area (Å²) in [7, 11) is 0. The van der Waals surface area contributed by atoms with Crippen molar-refractivity contribution in [3.05, 3.63) is 47.5 Å². The number of benzene rings is 2. The van der Waals surface area contributed by atoms with Gasteiger partial charge in [-0.25, -0.2) is 0 Å². The molecule has 2 aromatic carbocycles. The smallest absolute Gasteiger partial charge is 0.265 e. The maximum atomic E-state index is 12.2. The van der Waals surface area contributed by atoms with Crippen molar-refractivity contribution >= 4 is 45.8 Å². The molecular formula is C18H16ClN5O3. The van der Waals surface area contributed by atoms with Gasteiger partial charge in [0.25, 0.3) is 5.91 Å². The topological polar surface area (TPSA) is 89.3 Å². The van der Waals surface area contributed by atoms with E-state index in [-0.39, 0.29) is 18.4 Å². The van der Waals surface area contributed by atoms with Crippen LogP contribution in [0.25, 0.3) is 11.0 Å². The standard InChI is InChI=1S/C18H16ClN5O3/c19-12-6-7-15-16(9-12)24(22-21-15)27-11-17(25)20-13-3-1-4-14(10-13)23-8-2-5-18(23)26/h1,3-4,6-7,9-10H,2,5,8,11H2,(H,20,25). The summed E-state index contributed by atoms with van der Waals surface area (Å²) >= 11 is 5.96. The number of aromatic nitrogens is 3. The highest BCUT2D eigenvalue weighted by Crippen LogP contribution is 2.24. The quantitative estimate of drug-likeness (QED) is 0.727. The molecule has 0 bridgehead atoms. The Morgan fingerprint density at radius 1 is 1.26 bits per heavy atom. The van der Waals surface area contributed by atoms with Gasteiger partial charge in [-0.1, -0.05) is 22.5 Å². The van der Waals surface area contributed by atoms with Crippen LogP contribution in [0, 0.1) is 0 Å². The maximum absolute atomic E-state index is 12.2. The summed E-state index contributed by atoms with van der Waals surface area (Å²) in [6.07, 6.45) is 1.40. The van der Waals surface area contributed by atoms with Gasteiger partial charge >= 0.3 is 0 Å². The van der Waals surface area contributed by atoms with Crippen molar-refractivity contribution in [1.82, 2.24) is 15.2 Å². The molecule has 1 aliphatic rings. The predicted molar refractivity (Wildman–Crippen MR) is 101 cm³/mol. The summed E-state index contributed by atoms with van der Waals surface area (Å²) in [6, 6.07) is 12.2. The van der Waals surface area contributed by atoms with Crippen molar-refractivity contribution in [2.24, 2.45) is 0 Å². The first-order valence-electron chi connectivity index (χ1n) is 8.45. The van der Waals surface area contributed by atoms with Gasteiger partial charge in [0.2, 0.25) is 5.91 Å². The third-order valence-corrected chi connectivity index (χ3v) is 4.45. The van der Waals surface area contributed by atoms with Crippen LogP contribution in [0.4, 0.5) is 11.4 Å². The highest BCUT2D eigenvalue weighted by Gasteiger charge is 2.21. The van der Waals surface area contributed by atoms with Gasteiger partial charge in [0.05, 0.1) is 0 Å². The molecule has 0 saturated carbocycles. The summed E-state index contributed by atoms with van der Waals surface area (Å²) in [6.45, 7) is 0.444. The summed E-state index contributed by atoms with van der Waals surface area (Å²) in [5.41, 5.74) is 2.55. The molecule has 0 radical (unpaired) electrons. The fourth-order valence-corrected chi connectivity index (χ4v) is 3.12. The van der Waals surface area contributed by atoms with Crippen molar-refractivity contribution in [2.75, 3.05) is 23.4 Å². The van der Waals surface area contributed by atoms with Crippen LogP contribution in [0.2, 0.25) is 5.02 Å². The largest absolute Gasteiger partial charge is 0.385 e. The molecule has 2 amide bonds. The number of rotatable bonds is 5. The molecule has 1 N–H and O–H groups in total. The van der Waals surface area contributed by atoms with Gasteiger partial charge in [0.1, 0.15) is 11.0 Å². The molecule has 0 unspecified atom stereocenters. The second-order valence-corrected chi connectivity index (χ2v) is 6.55. The lowest BCUT2D eigenvalue weighted by atomic mass is 10.2. The lowest BCUT2D eigenvalue weighted by Gasteiger charge is -2.16. The first-order chi connectivity index (χ1) is 13.1. The van der Waals surface area contributed by atoms with Gasteiger partial charge in [-0.05, 0) is 48.0 Å². The minimum Gasteiger partial charge on any atom is -0.385 e. The number of hydrogen-bond donors (Lipinski definition) is 1. The summed E-state index contributed by atoms with van der Waals surface area (Å²) in [5, 5.41) is 11.1. The summed E-state index contributed by atoms with van der Waals surface area (Å²) in [4.78, 5) is 32.4. The van der Waals surface area contributed by atoms with Crippen molar-refractivity contribution in [3.63, 3.8) is 0 Å². The van der Waals surface area contributed by atoms with E-state index >= 15 is 0 Å². The Morgan fingerprint density at radius 3 is 2.96 bits per heavy atom. The Hall–Kier alpha value is -3.13. The predicted octanol–water partition coefficient (Wildman–Crippen LogP) is 2.28. The lowest BCUT2D eigenvalue weighted by Crippen LogP contribution is -2.26. The Labute approximate surface area is 159 Å². The van der Waals surface area contributed by atoms with Crippen molar-refractivity contribution in [3.8, 4) is 0 Å². The Balaban J connectivity index is 1.40. The number of halogens is 1. The zero-order valence-corrected chi connectivity index (χ0v) is 15.0. The first-order valence-corrected chi connectivity index (χ1v) is 8.82. The molecule has 1 aliphatic heterocycles. The second kappa shape index (κ2) is 7.24. The Bertz CT molecular complexity index is 1020. The van der Waals surface area contributed by atoms with Crippen LogP contribution in [0.1, 0.15) is 12.8 Å². The normalized spacial score (nSPS) is 14.0. The highest BCUT2D eigenvalue weighted by molar-refractivity contribution is 6.31. The van der Waals surface area contributed by atoms with Crippen LogP contribution >= 0.6 is 11.6 Å². The molecule has 3 aromatic rings. The number of nitrogens with one attached hydrogen (secondary N) is 1. The SMILES string of the molecule is O=C(COn1nnc2ccc(Cl)cc21)Nc1cccc(N2CCCC2=O)c1. The number of nitrogens with zero attached hydrogens (tertiary/aromatic N) is 4. The fourth-order valence-electron chi connectivity index (χ4n) is 2.96. The number of carbonyl (C=O) groups is 2. The minimum atomic E-state index is -0.356. The van der Waals surface area contributed by atoms with E-state index in [4.69, 9.17) is 16.4 Å². The van der Waals surface area contributed by atoms with E-state index < -0.39 is 0 Å².